The quantitative estimate of drug-likeness (QED) is 0.708. The fraction of sp³-hybridized carbons (Fsp3) is 0.600. The molecule has 0 N–H and O–H groups in total. The molecular weight excluding hydrogens is 404 g/mol. The highest BCUT2D eigenvalue weighted by Gasteiger charge is 2.30. The van der Waals surface area contributed by atoms with Crippen molar-refractivity contribution in [2.75, 3.05) is 39.3 Å². The van der Waals surface area contributed by atoms with Crippen LogP contribution < -0.4 is 0 Å². The molecule has 1 saturated carbocycles. The number of carbonyl (C=O) groups is 1. The van der Waals surface area contributed by atoms with E-state index in [0.29, 0.717) is 18.4 Å². The Kier molecular flexibility index (Phi) is 6.13. The summed E-state index contributed by atoms with van der Waals surface area (Å²) in [6, 6.07) is 9.63. The molecule has 3 heterocycles. The van der Waals surface area contributed by atoms with E-state index in [0.717, 1.165) is 56.7 Å². The minimum absolute atomic E-state index is 0.297. The van der Waals surface area contributed by atoms with E-state index in [2.05, 4.69) is 52.8 Å². The molecule has 1 aromatic heterocycles. The Labute approximate surface area is 190 Å². The lowest BCUT2D eigenvalue weighted by atomic mass is 9.91. The molecule has 166 valence electrons. The monoisotopic (exact) mass is 438 g/mol. The third-order valence-electron chi connectivity index (χ3n) is 7.25. The van der Waals surface area contributed by atoms with Gasteiger partial charge in [-0.25, -0.2) is 4.98 Å². The number of benzene rings is 1. The smallest absolute Gasteiger partial charge is 0.236 e. The van der Waals surface area contributed by atoms with Crippen molar-refractivity contribution in [2.45, 2.75) is 58.0 Å². The SMILES string of the molecule is CC(C)c1ccc(-c2nc3c(s2)CN(CC(=O)N2CCN(C4CCC4)CC2)CC3)cc1. The van der Waals surface area contributed by atoms with Crippen molar-refractivity contribution in [1.29, 1.82) is 0 Å². The first kappa shape index (κ1) is 21.1. The number of hydrogen-bond donors (Lipinski definition) is 0. The highest BCUT2D eigenvalue weighted by molar-refractivity contribution is 7.15. The van der Waals surface area contributed by atoms with E-state index in [1.165, 1.54) is 41.0 Å². The zero-order valence-electron chi connectivity index (χ0n) is 18.8. The molecule has 2 fully saturated rings. The average molecular weight is 439 g/mol. The first-order valence-corrected chi connectivity index (χ1v) is 12.7. The van der Waals surface area contributed by atoms with Crippen molar-refractivity contribution in [3.63, 3.8) is 0 Å². The fourth-order valence-corrected chi connectivity index (χ4v) is 6.05. The van der Waals surface area contributed by atoms with Gasteiger partial charge in [-0.05, 0) is 24.3 Å². The van der Waals surface area contributed by atoms with E-state index in [4.69, 9.17) is 4.98 Å². The largest absolute Gasteiger partial charge is 0.339 e. The van der Waals surface area contributed by atoms with Gasteiger partial charge in [-0.1, -0.05) is 44.5 Å². The molecule has 0 unspecified atom stereocenters. The summed E-state index contributed by atoms with van der Waals surface area (Å²) < 4.78 is 0. The van der Waals surface area contributed by atoms with E-state index < -0.39 is 0 Å². The Hall–Kier alpha value is -1.76. The lowest BCUT2D eigenvalue weighted by Gasteiger charge is -2.43. The third kappa shape index (κ3) is 4.57. The van der Waals surface area contributed by atoms with E-state index in [9.17, 15) is 4.79 Å². The van der Waals surface area contributed by atoms with Gasteiger partial charge in [-0.15, -0.1) is 11.3 Å². The van der Waals surface area contributed by atoms with Gasteiger partial charge in [0.15, 0.2) is 0 Å². The zero-order valence-corrected chi connectivity index (χ0v) is 19.7. The van der Waals surface area contributed by atoms with Gasteiger partial charge >= 0.3 is 0 Å². The Morgan fingerprint density at radius 1 is 1.10 bits per heavy atom. The van der Waals surface area contributed by atoms with Crippen LogP contribution in [-0.2, 0) is 17.8 Å². The lowest BCUT2D eigenvalue weighted by molar-refractivity contribution is -0.135. The number of thiazole rings is 1. The summed E-state index contributed by atoms with van der Waals surface area (Å²) in [5.74, 6) is 0.844. The first-order valence-electron chi connectivity index (χ1n) is 11.9. The number of amides is 1. The maximum absolute atomic E-state index is 12.9. The van der Waals surface area contributed by atoms with Crippen molar-refractivity contribution in [2.24, 2.45) is 0 Å². The lowest BCUT2D eigenvalue weighted by Crippen LogP contribution is -2.55. The molecule has 0 atom stereocenters. The van der Waals surface area contributed by atoms with Gasteiger partial charge in [0, 0.05) is 62.2 Å². The van der Waals surface area contributed by atoms with Gasteiger partial charge in [0.25, 0.3) is 0 Å². The molecule has 31 heavy (non-hydrogen) atoms. The Bertz CT molecular complexity index is 910. The summed E-state index contributed by atoms with van der Waals surface area (Å²) >= 11 is 1.80. The molecule has 5 rings (SSSR count). The van der Waals surface area contributed by atoms with Gasteiger partial charge in [0.2, 0.25) is 5.91 Å². The molecule has 5 nitrogen and oxygen atoms in total. The number of rotatable bonds is 5. The fourth-order valence-electron chi connectivity index (χ4n) is 4.90. The molecule has 3 aliphatic rings. The van der Waals surface area contributed by atoms with Crippen LogP contribution in [0.4, 0.5) is 0 Å². The van der Waals surface area contributed by atoms with Crippen molar-refractivity contribution >= 4 is 17.2 Å². The molecule has 0 bridgehead atoms. The van der Waals surface area contributed by atoms with Crippen LogP contribution in [0.1, 0.15) is 55.2 Å². The molecule has 0 radical (unpaired) electrons. The van der Waals surface area contributed by atoms with Gasteiger partial charge < -0.3 is 4.90 Å². The second-order valence-electron chi connectivity index (χ2n) is 9.63. The van der Waals surface area contributed by atoms with E-state index >= 15 is 0 Å². The van der Waals surface area contributed by atoms with Crippen LogP contribution in [0, 0.1) is 0 Å². The second-order valence-corrected chi connectivity index (χ2v) is 10.7. The maximum Gasteiger partial charge on any atom is 0.236 e. The van der Waals surface area contributed by atoms with Crippen LogP contribution in [-0.4, -0.2) is 70.9 Å². The number of hydrogen-bond acceptors (Lipinski definition) is 5. The van der Waals surface area contributed by atoms with Crippen LogP contribution in [0.5, 0.6) is 0 Å². The van der Waals surface area contributed by atoms with Crippen molar-refractivity contribution < 1.29 is 4.79 Å². The van der Waals surface area contributed by atoms with E-state index in [1.807, 2.05) is 0 Å². The Morgan fingerprint density at radius 3 is 2.48 bits per heavy atom. The van der Waals surface area contributed by atoms with Gasteiger partial charge in [-0.3, -0.25) is 14.6 Å². The number of piperazine rings is 1. The normalized spacial score (nSPS) is 20.7. The summed E-state index contributed by atoms with van der Waals surface area (Å²) in [5.41, 5.74) is 3.80. The Balaban J connectivity index is 1.17. The molecule has 1 amide bonds. The van der Waals surface area contributed by atoms with Crippen LogP contribution in [0.2, 0.25) is 0 Å². The van der Waals surface area contributed by atoms with Crippen LogP contribution in [0.25, 0.3) is 10.6 Å². The number of aromatic nitrogens is 1. The number of carbonyl (C=O) groups excluding carboxylic acids is 1. The molecule has 1 aromatic carbocycles. The molecule has 0 spiro atoms. The molecule has 2 aliphatic heterocycles. The predicted molar refractivity (Wildman–Crippen MR) is 126 cm³/mol. The molecule has 6 heteroatoms. The van der Waals surface area contributed by atoms with E-state index in [-0.39, 0.29) is 0 Å². The highest BCUT2D eigenvalue weighted by Crippen LogP contribution is 2.32. The van der Waals surface area contributed by atoms with Crippen molar-refractivity contribution in [3.8, 4) is 10.6 Å². The maximum atomic E-state index is 12.9. The third-order valence-corrected chi connectivity index (χ3v) is 8.38. The molecule has 1 aliphatic carbocycles. The number of nitrogens with zero attached hydrogens (tertiary/aromatic N) is 4. The van der Waals surface area contributed by atoms with Crippen LogP contribution in [0.3, 0.4) is 0 Å². The van der Waals surface area contributed by atoms with Gasteiger partial charge in [0.1, 0.15) is 5.01 Å². The average Bonchev–Trinajstić information content (AvgIpc) is 3.16. The summed E-state index contributed by atoms with van der Waals surface area (Å²) in [4.78, 5) is 26.1. The summed E-state index contributed by atoms with van der Waals surface area (Å²) in [6.45, 7) is 10.7. The standard InChI is InChI=1S/C25H34N4OS/c1-18(2)19-6-8-20(9-7-19)25-26-22-10-11-27(16-23(22)31-25)17-24(30)29-14-12-28(13-15-29)21-4-3-5-21/h6-9,18,21H,3-5,10-17H2,1-2H3. The second kappa shape index (κ2) is 9.00. The topological polar surface area (TPSA) is 39.7 Å². The summed E-state index contributed by atoms with van der Waals surface area (Å²) in [5, 5.41) is 1.11. The van der Waals surface area contributed by atoms with Crippen LogP contribution in [0.15, 0.2) is 24.3 Å². The summed E-state index contributed by atoms with van der Waals surface area (Å²) in [7, 11) is 0. The minimum Gasteiger partial charge on any atom is -0.339 e. The van der Waals surface area contributed by atoms with Crippen molar-refractivity contribution in [3.05, 3.63) is 40.4 Å². The molecule has 1 saturated heterocycles. The zero-order chi connectivity index (χ0) is 21.4. The van der Waals surface area contributed by atoms with Crippen LogP contribution >= 0.6 is 11.3 Å². The van der Waals surface area contributed by atoms with Gasteiger partial charge in [-0.2, -0.15) is 0 Å². The molecule has 2 aromatic rings. The van der Waals surface area contributed by atoms with E-state index in [1.54, 1.807) is 11.3 Å². The number of fused-ring (bicyclic) bond motifs is 1. The van der Waals surface area contributed by atoms with Crippen molar-refractivity contribution in [1.82, 2.24) is 19.7 Å². The highest BCUT2D eigenvalue weighted by atomic mass is 32.1. The van der Waals surface area contributed by atoms with Gasteiger partial charge in [0.05, 0.1) is 12.2 Å². The predicted octanol–water partition coefficient (Wildman–Crippen LogP) is 3.99. The first-order chi connectivity index (χ1) is 15.1. The minimum atomic E-state index is 0.297. The summed E-state index contributed by atoms with van der Waals surface area (Å²) in [6.07, 6.45) is 5.02. The Morgan fingerprint density at radius 2 is 1.84 bits per heavy atom. The molecular formula is C25H34N4OS.